The van der Waals surface area contributed by atoms with Gasteiger partial charge < -0.3 is 10.2 Å². The lowest BCUT2D eigenvalue weighted by Gasteiger charge is -2.31. The summed E-state index contributed by atoms with van der Waals surface area (Å²) in [5, 5.41) is 12.0. The van der Waals surface area contributed by atoms with Gasteiger partial charge in [-0.1, -0.05) is 25.3 Å². The molecule has 1 N–H and O–H groups in total. The molecule has 4 nitrogen and oxygen atoms in total. The largest absolute Gasteiger partial charge is 0.360 e. The molecule has 0 unspecified atom stereocenters. The van der Waals surface area contributed by atoms with E-state index in [1.165, 1.54) is 24.8 Å². The molecular weight excluding hydrogens is 281 g/mol. The van der Waals surface area contributed by atoms with Gasteiger partial charge in [0.2, 0.25) is 0 Å². The lowest BCUT2D eigenvalue weighted by molar-refractivity contribution is -0.128. The first-order valence-electron chi connectivity index (χ1n) is 7.51. The van der Waals surface area contributed by atoms with Crippen LogP contribution in [-0.4, -0.2) is 23.9 Å². The topological polar surface area (TPSA) is 56.1 Å². The van der Waals surface area contributed by atoms with Gasteiger partial charge in [-0.05, 0) is 31.0 Å². The number of hydrogen-bond acceptors (Lipinski definition) is 3. The van der Waals surface area contributed by atoms with E-state index in [9.17, 15) is 14.4 Å². The van der Waals surface area contributed by atoms with Crippen LogP contribution < -0.4 is 5.32 Å². The van der Waals surface area contributed by atoms with Gasteiger partial charge in [0.05, 0.1) is 0 Å². The van der Waals surface area contributed by atoms with Crippen molar-refractivity contribution in [3.8, 4) is 6.07 Å². The number of nitrogens with one attached hydrogen (secondary N) is 1. The standard InChI is InChI=1S/C17H20FN3O/c1-21(16-8-3-2-4-9-16)17(22)13(11-19)12-20-15-7-5-6-14(18)10-15/h5-7,10,12,16,20H,2-4,8-9H2,1H3/b13-12-. The molecule has 0 atom stereocenters. The summed E-state index contributed by atoms with van der Waals surface area (Å²) in [6.07, 6.45) is 6.76. The van der Waals surface area contributed by atoms with Gasteiger partial charge in [0, 0.05) is 25.0 Å². The molecule has 1 aromatic carbocycles. The summed E-state index contributed by atoms with van der Waals surface area (Å²) in [7, 11) is 1.74. The third-order valence-corrected chi connectivity index (χ3v) is 4.00. The SMILES string of the molecule is CN(C(=O)/C(C#N)=C\Nc1cccc(F)c1)C1CCCCC1. The number of halogens is 1. The molecule has 0 spiro atoms. The van der Waals surface area contributed by atoms with Gasteiger partial charge in [-0.2, -0.15) is 5.26 Å². The van der Waals surface area contributed by atoms with E-state index in [-0.39, 0.29) is 23.3 Å². The van der Waals surface area contributed by atoms with E-state index in [0.29, 0.717) is 5.69 Å². The molecule has 0 aliphatic heterocycles. The number of carbonyl (C=O) groups is 1. The number of anilines is 1. The summed E-state index contributed by atoms with van der Waals surface area (Å²) < 4.78 is 13.1. The smallest absolute Gasteiger partial charge is 0.266 e. The molecule has 0 heterocycles. The Morgan fingerprint density at radius 3 is 2.77 bits per heavy atom. The molecule has 0 aromatic heterocycles. The molecule has 116 valence electrons. The summed E-state index contributed by atoms with van der Waals surface area (Å²) >= 11 is 0. The molecule has 1 aliphatic rings. The van der Waals surface area contributed by atoms with Crippen molar-refractivity contribution < 1.29 is 9.18 Å². The van der Waals surface area contributed by atoms with Crippen LogP contribution in [-0.2, 0) is 4.79 Å². The zero-order valence-corrected chi connectivity index (χ0v) is 12.7. The van der Waals surface area contributed by atoms with Crippen LogP contribution in [0.2, 0.25) is 0 Å². The summed E-state index contributed by atoms with van der Waals surface area (Å²) in [6, 6.07) is 8.00. The number of amides is 1. The Morgan fingerprint density at radius 1 is 1.41 bits per heavy atom. The highest BCUT2D eigenvalue weighted by Crippen LogP contribution is 2.22. The summed E-state index contributed by atoms with van der Waals surface area (Å²) in [4.78, 5) is 14.0. The van der Waals surface area contributed by atoms with Crippen molar-refractivity contribution in [1.82, 2.24) is 4.90 Å². The Bertz CT molecular complexity index is 600. The first kappa shape index (κ1) is 16.0. The average molecular weight is 301 g/mol. The van der Waals surface area contributed by atoms with Crippen molar-refractivity contribution in [3.63, 3.8) is 0 Å². The summed E-state index contributed by atoms with van der Waals surface area (Å²) in [5.41, 5.74) is 0.526. The third-order valence-electron chi connectivity index (χ3n) is 4.00. The summed E-state index contributed by atoms with van der Waals surface area (Å²) in [5.74, 6) is -0.666. The first-order chi connectivity index (χ1) is 10.6. The molecule has 1 aromatic rings. The maximum absolute atomic E-state index is 13.1. The van der Waals surface area contributed by atoms with Crippen molar-refractivity contribution >= 4 is 11.6 Å². The predicted octanol–water partition coefficient (Wildman–Crippen LogP) is 3.44. The number of hydrogen-bond donors (Lipinski definition) is 1. The van der Waals surface area contributed by atoms with Crippen LogP contribution in [0, 0.1) is 17.1 Å². The predicted molar refractivity (Wildman–Crippen MR) is 83.4 cm³/mol. The molecule has 0 bridgehead atoms. The Balaban J connectivity index is 2.04. The van der Waals surface area contributed by atoms with E-state index >= 15 is 0 Å². The fraction of sp³-hybridized carbons (Fsp3) is 0.412. The molecule has 0 radical (unpaired) electrons. The van der Waals surface area contributed by atoms with Crippen molar-refractivity contribution in [1.29, 1.82) is 5.26 Å². The van der Waals surface area contributed by atoms with E-state index in [2.05, 4.69) is 5.32 Å². The van der Waals surface area contributed by atoms with Crippen LogP contribution in [0.4, 0.5) is 10.1 Å². The maximum Gasteiger partial charge on any atom is 0.266 e. The van der Waals surface area contributed by atoms with Crippen LogP contribution in [0.1, 0.15) is 32.1 Å². The zero-order valence-electron chi connectivity index (χ0n) is 12.7. The van der Waals surface area contributed by atoms with E-state index in [4.69, 9.17) is 0 Å². The van der Waals surface area contributed by atoms with Crippen LogP contribution >= 0.6 is 0 Å². The van der Waals surface area contributed by atoms with Gasteiger partial charge in [0.25, 0.3) is 5.91 Å². The Hall–Kier alpha value is -2.35. The summed E-state index contributed by atoms with van der Waals surface area (Å²) in [6.45, 7) is 0. The molecule has 1 amide bonds. The number of rotatable bonds is 4. The van der Waals surface area contributed by atoms with Gasteiger partial charge >= 0.3 is 0 Å². The van der Waals surface area contributed by atoms with Gasteiger partial charge in [-0.3, -0.25) is 4.79 Å². The number of carbonyl (C=O) groups excluding carboxylic acids is 1. The lowest BCUT2D eigenvalue weighted by Crippen LogP contribution is -2.39. The minimum atomic E-state index is -0.373. The van der Waals surface area contributed by atoms with Gasteiger partial charge in [-0.15, -0.1) is 0 Å². The van der Waals surface area contributed by atoms with E-state index in [0.717, 1.165) is 25.7 Å². The third kappa shape index (κ3) is 4.08. The van der Waals surface area contributed by atoms with Gasteiger partial charge in [0.1, 0.15) is 17.5 Å². The highest BCUT2D eigenvalue weighted by atomic mass is 19.1. The number of nitrogens with zero attached hydrogens (tertiary/aromatic N) is 2. The first-order valence-corrected chi connectivity index (χ1v) is 7.51. The fourth-order valence-corrected chi connectivity index (χ4v) is 2.70. The van der Waals surface area contributed by atoms with Crippen molar-refractivity contribution in [2.75, 3.05) is 12.4 Å². The van der Waals surface area contributed by atoms with Crippen molar-refractivity contribution in [2.24, 2.45) is 0 Å². The van der Waals surface area contributed by atoms with E-state index < -0.39 is 0 Å². The second kappa shape index (κ2) is 7.60. The van der Waals surface area contributed by atoms with Crippen molar-refractivity contribution in [2.45, 2.75) is 38.1 Å². The Labute approximate surface area is 130 Å². The maximum atomic E-state index is 13.1. The highest BCUT2D eigenvalue weighted by molar-refractivity contribution is 5.97. The van der Waals surface area contributed by atoms with Crippen LogP contribution in [0.15, 0.2) is 36.0 Å². The van der Waals surface area contributed by atoms with E-state index in [1.54, 1.807) is 24.1 Å². The second-order valence-corrected chi connectivity index (χ2v) is 5.53. The molecule has 1 aliphatic carbocycles. The molecule has 5 heteroatoms. The molecule has 22 heavy (non-hydrogen) atoms. The minimum Gasteiger partial charge on any atom is -0.360 e. The Kier molecular flexibility index (Phi) is 5.54. The normalized spacial score (nSPS) is 16.0. The monoisotopic (exact) mass is 301 g/mol. The molecule has 1 fully saturated rings. The molecule has 1 saturated carbocycles. The number of benzene rings is 1. The average Bonchev–Trinajstić information content (AvgIpc) is 2.55. The van der Waals surface area contributed by atoms with Gasteiger partial charge in [-0.25, -0.2) is 4.39 Å². The van der Waals surface area contributed by atoms with E-state index in [1.807, 2.05) is 6.07 Å². The van der Waals surface area contributed by atoms with Crippen LogP contribution in [0.3, 0.4) is 0 Å². The molecular formula is C17H20FN3O. The lowest BCUT2D eigenvalue weighted by atomic mass is 9.94. The number of likely N-dealkylation sites (N-methyl/N-ethyl adjacent to an activating group) is 1. The highest BCUT2D eigenvalue weighted by Gasteiger charge is 2.24. The molecule has 2 rings (SSSR count). The zero-order chi connectivity index (χ0) is 15.9. The minimum absolute atomic E-state index is 0.0253. The number of nitriles is 1. The van der Waals surface area contributed by atoms with Gasteiger partial charge in [0.15, 0.2) is 0 Å². The van der Waals surface area contributed by atoms with Crippen LogP contribution in [0.5, 0.6) is 0 Å². The van der Waals surface area contributed by atoms with Crippen molar-refractivity contribution in [3.05, 3.63) is 41.9 Å². The fourth-order valence-electron chi connectivity index (χ4n) is 2.70. The quantitative estimate of drug-likeness (QED) is 0.684. The Morgan fingerprint density at radius 2 is 2.14 bits per heavy atom. The second-order valence-electron chi connectivity index (χ2n) is 5.53. The van der Waals surface area contributed by atoms with Crippen LogP contribution in [0.25, 0.3) is 0 Å². The molecule has 0 saturated heterocycles.